The number of alkyl halides is 2. The van der Waals surface area contributed by atoms with Crippen molar-refractivity contribution in [2.75, 3.05) is 0 Å². The molecule has 9 heteroatoms. The van der Waals surface area contributed by atoms with Crippen molar-refractivity contribution in [2.24, 2.45) is 0 Å². The minimum Gasteiger partial charge on any atom is -0.477 e. The lowest BCUT2D eigenvalue weighted by Gasteiger charge is -2.04. The van der Waals surface area contributed by atoms with Gasteiger partial charge in [-0.25, -0.2) is 18.6 Å². The molecule has 6 nitrogen and oxygen atoms in total. The second kappa shape index (κ2) is 4.47. The fourth-order valence-corrected chi connectivity index (χ4v) is 1.53. The highest BCUT2D eigenvalue weighted by atomic mass is 79.9. The van der Waals surface area contributed by atoms with Crippen LogP contribution < -0.4 is 0 Å². The molecular weight excluding hydrogens is 294 g/mol. The van der Waals surface area contributed by atoms with Crippen molar-refractivity contribution in [3.05, 3.63) is 32.0 Å². The van der Waals surface area contributed by atoms with E-state index in [0.717, 1.165) is 6.07 Å². The average Bonchev–Trinajstić information content (AvgIpc) is 2.15. The highest BCUT2D eigenvalue weighted by molar-refractivity contribution is 9.10. The molecule has 0 aromatic carbocycles. The molecule has 0 fully saturated rings. The molecule has 16 heavy (non-hydrogen) atoms. The van der Waals surface area contributed by atoms with Gasteiger partial charge in [0.2, 0.25) is 0 Å². The SMILES string of the molecule is O=C(O)c1cc(Br)c([N+](=O)[O-])c(C(F)F)n1. The summed E-state index contributed by atoms with van der Waals surface area (Å²) in [6.07, 6.45) is -3.23. The number of aromatic carboxylic acids is 1. The molecule has 0 aliphatic rings. The van der Waals surface area contributed by atoms with Gasteiger partial charge in [0, 0.05) is 0 Å². The number of carboxylic acid groups (broad SMARTS) is 1. The van der Waals surface area contributed by atoms with Crippen molar-refractivity contribution in [1.29, 1.82) is 0 Å². The number of nitrogens with zero attached hydrogens (tertiary/aromatic N) is 2. The van der Waals surface area contributed by atoms with Gasteiger partial charge in [0.15, 0.2) is 5.69 Å². The maximum Gasteiger partial charge on any atom is 0.354 e. The van der Waals surface area contributed by atoms with E-state index in [4.69, 9.17) is 5.11 Å². The molecule has 0 saturated carbocycles. The van der Waals surface area contributed by atoms with Gasteiger partial charge in [0.25, 0.3) is 6.43 Å². The first-order chi connectivity index (χ1) is 7.34. The van der Waals surface area contributed by atoms with Crippen molar-refractivity contribution in [3.63, 3.8) is 0 Å². The van der Waals surface area contributed by atoms with Crippen LogP contribution in [-0.4, -0.2) is 21.0 Å². The summed E-state index contributed by atoms with van der Waals surface area (Å²) >= 11 is 2.66. The molecule has 0 amide bonds. The Morgan fingerprint density at radius 3 is 2.56 bits per heavy atom. The van der Waals surface area contributed by atoms with E-state index < -0.39 is 34.4 Å². The Bertz CT molecular complexity index is 466. The molecule has 1 aromatic rings. The first-order valence-corrected chi connectivity index (χ1v) is 4.50. The predicted molar refractivity (Wildman–Crippen MR) is 50.5 cm³/mol. The number of hydrogen-bond acceptors (Lipinski definition) is 4. The zero-order valence-corrected chi connectivity index (χ0v) is 8.94. The quantitative estimate of drug-likeness (QED) is 0.683. The lowest BCUT2D eigenvalue weighted by Crippen LogP contribution is -2.07. The summed E-state index contributed by atoms with van der Waals surface area (Å²) in [5.41, 5.74) is -2.79. The van der Waals surface area contributed by atoms with Crippen LogP contribution >= 0.6 is 15.9 Å². The van der Waals surface area contributed by atoms with Crippen LogP contribution in [0.5, 0.6) is 0 Å². The highest BCUT2D eigenvalue weighted by Crippen LogP contribution is 2.34. The molecule has 0 unspecified atom stereocenters. The van der Waals surface area contributed by atoms with Gasteiger partial charge in [-0.05, 0) is 22.0 Å². The Balaban J connectivity index is 3.51. The third-order valence-corrected chi connectivity index (χ3v) is 2.19. The fourth-order valence-electron chi connectivity index (χ4n) is 0.968. The third-order valence-electron chi connectivity index (χ3n) is 1.58. The molecule has 0 saturated heterocycles. The number of nitro groups is 1. The van der Waals surface area contributed by atoms with Crippen molar-refractivity contribution in [3.8, 4) is 0 Å². The average molecular weight is 297 g/mol. The molecule has 1 heterocycles. The smallest absolute Gasteiger partial charge is 0.354 e. The van der Waals surface area contributed by atoms with E-state index >= 15 is 0 Å². The van der Waals surface area contributed by atoms with Gasteiger partial charge < -0.3 is 5.11 Å². The van der Waals surface area contributed by atoms with Gasteiger partial charge >= 0.3 is 11.7 Å². The van der Waals surface area contributed by atoms with Crippen molar-refractivity contribution < 1.29 is 23.6 Å². The lowest BCUT2D eigenvalue weighted by molar-refractivity contribution is -0.387. The predicted octanol–water partition coefficient (Wildman–Crippen LogP) is 2.39. The second-order valence-corrected chi connectivity index (χ2v) is 3.44. The van der Waals surface area contributed by atoms with Crippen LogP contribution in [0.1, 0.15) is 22.6 Å². The van der Waals surface area contributed by atoms with Gasteiger partial charge in [0.1, 0.15) is 5.69 Å². The first kappa shape index (κ1) is 12.4. The van der Waals surface area contributed by atoms with Gasteiger partial charge in [-0.3, -0.25) is 10.1 Å². The fraction of sp³-hybridized carbons (Fsp3) is 0.143. The standard InChI is InChI=1S/C7H3BrF2N2O4/c8-2-1-3(7(13)14)11-4(6(9)10)5(2)12(15)16/h1,6H,(H,13,14). The van der Waals surface area contributed by atoms with Crippen molar-refractivity contribution in [2.45, 2.75) is 6.43 Å². The molecule has 0 radical (unpaired) electrons. The molecular formula is C7H3BrF2N2O4. The summed E-state index contributed by atoms with van der Waals surface area (Å²) in [5, 5.41) is 19.0. The zero-order valence-electron chi connectivity index (χ0n) is 7.35. The molecule has 86 valence electrons. The summed E-state index contributed by atoms with van der Waals surface area (Å²) in [6.45, 7) is 0. The molecule has 0 aliphatic heterocycles. The van der Waals surface area contributed by atoms with Gasteiger partial charge in [0.05, 0.1) is 9.40 Å². The van der Waals surface area contributed by atoms with Crippen LogP contribution in [0.15, 0.2) is 10.5 Å². The van der Waals surface area contributed by atoms with Crippen LogP contribution in [0, 0.1) is 10.1 Å². The maximum atomic E-state index is 12.4. The van der Waals surface area contributed by atoms with E-state index in [-0.39, 0.29) is 4.47 Å². The van der Waals surface area contributed by atoms with E-state index in [9.17, 15) is 23.7 Å². The number of hydrogen-bond donors (Lipinski definition) is 1. The molecule has 0 aliphatic carbocycles. The van der Waals surface area contributed by atoms with E-state index in [0.29, 0.717) is 0 Å². The normalized spacial score (nSPS) is 10.5. The largest absolute Gasteiger partial charge is 0.477 e. The zero-order chi connectivity index (χ0) is 12.5. The highest BCUT2D eigenvalue weighted by Gasteiger charge is 2.29. The molecule has 1 N–H and O–H groups in total. The summed E-state index contributed by atoms with van der Waals surface area (Å²) in [6, 6.07) is 0.798. The molecule has 1 rings (SSSR count). The minimum atomic E-state index is -3.23. The molecule has 0 spiro atoms. The molecule has 1 aromatic heterocycles. The second-order valence-electron chi connectivity index (χ2n) is 2.59. The number of carbonyl (C=O) groups is 1. The number of halogens is 3. The number of pyridine rings is 1. The van der Waals surface area contributed by atoms with Crippen LogP contribution in [0.4, 0.5) is 14.5 Å². The van der Waals surface area contributed by atoms with Crippen molar-refractivity contribution >= 4 is 27.6 Å². The van der Waals surface area contributed by atoms with Gasteiger partial charge in [-0.2, -0.15) is 0 Å². The maximum absolute atomic E-state index is 12.4. The van der Waals surface area contributed by atoms with Crippen LogP contribution in [0.2, 0.25) is 0 Å². The van der Waals surface area contributed by atoms with Gasteiger partial charge in [-0.1, -0.05) is 0 Å². The van der Waals surface area contributed by atoms with Crippen LogP contribution in [0.25, 0.3) is 0 Å². The monoisotopic (exact) mass is 296 g/mol. The Labute approximate surface area is 95.2 Å². The number of rotatable bonds is 3. The van der Waals surface area contributed by atoms with Crippen molar-refractivity contribution in [1.82, 2.24) is 4.98 Å². The Kier molecular flexibility index (Phi) is 3.48. The van der Waals surface area contributed by atoms with Crippen LogP contribution in [-0.2, 0) is 0 Å². The topological polar surface area (TPSA) is 93.3 Å². The Morgan fingerprint density at radius 1 is 1.62 bits per heavy atom. The molecule has 0 atom stereocenters. The van der Waals surface area contributed by atoms with E-state index in [1.54, 1.807) is 0 Å². The Morgan fingerprint density at radius 2 is 2.19 bits per heavy atom. The van der Waals surface area contributed by atoms with Crippen LogP contribution in [0.3, 0.4) is 0 Å². The summed E-state index contributed by atoms with van der Waals surface area (Å²) in [4.78, 5) is 23.0. The van der Waals surface area contributed by atoms with E-state index in [2.05, 4.69) is 20.9 Å². The molecule has 0 bridgehead atoms. The van der Waals surface area contributed by atoms with E-state index in [1.165, 1.54) is 0 Å². The number of aromatic nitrogens is 1. The first-order valence-electron chi connectivity index (χ1n) is 3.71. The third kappa shape index (κ3) is 2.30. The minimum absolute atomic E-state index is 0.347. The summed E-state index contributed by atoms with van der Waals surface area (Å²) in [7, 11) is 0. The lowest BCUT2D eigenvalue weighted by atomic mass is 10.2. The summed E-state index contributed by atoms with van der Waals surface area (Å²) < 4.78 is 24.5. The summed E-state index contributed by atoms with van der Waals surface area (Å²) in [5.74, 6) is -1.54. The van der Waals surface area contributed by atoms with E-state index in [1.807, 2.05) is 0 Å². The Hall–Kier alpha value is -1.64. The number of carboxylic acids is 1. The van der Waals surface area contributed by atoms with Gasteiger partial charge in [-0.15, -0.1) is 0 Å².